The largest absolute Gasteiger partial charge is 0.481 e. The number of furan rings is 1. The second kappa shape index (κ2) is 5.49. The average molecular weight is 332 g/mol. The summed E-state index contributed by atoms with van der Waals surface area (Å²) in [6, 6.07) is 3.65. The number of carboxylic acid groups (broad SMARTS) is 1. The van der Waals surface area contributed by atoms with Crippen LogP contribution in [0.25, 0.3) is 10.8 Å². The van der Waals surface area contributed by atoms with E-state index in [0.29, 0.717) is 18.8 Å². The first-order valence-electron chi connectivity index (χ1n) is 7.62. The molecule has 3 atom stereocenters. The van der Waals surface area contributed by atoms with Crippen molar-refractivity contribution in [3.63, 3.8) is 0 Å². The third kappa shape index (κ3) is 2.65. The van der Waals surface area contributed by atoms with Gasteiger partial charge in [-0.1, -0.05) is 0 Å². The van der Waals surface area contributed by atoms with E-state index < -0.39 is 5.97 Å². The van der Waals surface area contributed by atoms with E-state index in [1.54, 1.807) is 17.2 Å². The molecule has 4 rings (SSSR count). The topological polar surface area (TPSA) is 83.6 Å². The van der Waals surface area contributed by atoms with E-state index >= 15 is 0 Å². The van der Waals surface area contributed by atoms with Crippen molar-refractivity contribution in [3.05, 3.63) is 29.5 Å². The fraction of sp³-hybridized carbons (Fsp3) is 0.438. The smallest absolute Gasteiger partial charge is 0.307 e. The molecule has 0 bridgehead atoms. The normalized spacial score (nSPS) is 25.9. The summed E-state index contributed by atoms with van der Waals surface area (Å²) in [6.45, 7) is 1.22. The van der Waals surface area contributed by atoms with Crippen LogP contribution in [0.3, 0.4) is 0 Å². The van der Waals surface area contributed by atoms with Gasteiger partial charge >= 0.3 is 5.97 Å². The Morgan fingerprint density at radius 3 is 3.04 bits per heavy atom. The highest BCUT2D eigenvalue weighted by atomic mass is 32.1. The molecular formula is C16H16N2O4S. The highest BCUT2D eigenvalue weighted by Gasteiger charge is 2.57. The van der Waals surface area contributed by atoms with E-state index in [2.05, 4.69) is 4.98 Å². The zero-order valence-corrected chi connectivity index (χ0v) is 13.2. The number of carbonyl (C=O) groups is 2. The molecule has 1 saturated heterocycles. The molecule has 2 fully saturated rings. The van der Waals surface area contributed by atoms with Gasteiger partial charge in [-0.15, -0.1) is 11.3 Å². The van der Waals surface area contributed by atoms with Gasteiger partial charge in [0.1, 0.15) is 0 Å². The van der Waals surface area contributed by atoms with Gasteiger partial charge < -0.3 is 14.4 Å². The number of thiazole rings is 1. The number of aromatic nitrogens is 1. The van der Waals surface area contributed by atoms with Gasteiger partial charge in [-0.3, -0.25) is 9.59 Å². The zero-order valence-electron chi connectivity index (χ0n) is 12.3. The van der Waals surface area contributed by atoms with Crippen LogP contribution in [0.5, 0.6) is 0 Å². The van der Waals surface area contributed by atoms with E-state index in [1.807, 2.05) is 11.4 Å². The molecule has 7 heteroatoms. The molecule has 1 aliphatic heterocycles. The number of hydrogen-bond acceptors (Lipinski definition) is 5. The SMILES string of the molecule is O=C(O)[C@@H]1[C@@H]2CCN(C(=O)Cc3csc(-c4ccco4)n3)C[C@@H]21. The Bertz CT molecular complexity index is 739. The Hall–Kier alpha value is -2.15. The van der Waals surface area contributed by atoms with Crippen molar-refractivity contribution in [1.29, 1.82) is 0 Å². The van der Waals surface area contributed by atoms with E-state index in [9.17, 15) is 9.59 Å². The summed E-state index contributed by atoms with van der Waals surface area (Å²) in [6.07, 6.45) is 2.65. The number of fused-ring (bicyclic) bond motifs is 1. The summed E-state index contributed by atoms with van der Waals surface area (Å²) in [5.41, 5.74) is 0.735. The van der Waals surface area contributed by atoms with Crippen LogP contribution in [0.1, 0.15) is 12.1 Å². The van der Waals surface area contributed by atoms with Gasteiger partial charge in [-0.05, 0) is 30.4 Å². The van der Waals surface area contributed by atoms with Crippen molar-refractivity contribution in [2.45, 2.75) is 12.8 Å². The van der Waals surface area contributed by atoms with Gasteiger partial charge in [0.05, 0.1) is 24.3 Å². The van der Waals surface area contributed by atoms with Crippen molar-refractivity contribution in [1.82, 2.24) is 9.88 Å². The Morgan fingerprint density at radius 1 is 1.43 bits per heavy atom. The minimum Gasteiger partial charge on any atom is -0.481 e. The molecular weight excluding hydrogens is 316 g/mol. The van der Waals surface area contributed by atoms with Gasteiger partial charge in [0.2, 0.25) is 5.91 Å². The lowest BCUT2D eigenvalue weighted by Crippen LogP contribution is -2.38. The second-order valence-corrected chi connectivity index (χ2v) is 6.98. The van der Waals surface area contributed by atoms with Gasteiger partial charge in [-0.2, -0.15) is 0 Å². The molecule has 2 aromatic heterocycles. The monoisotopic (exact) mass is 332 g/mol. The zero-order chi connectivity index (χ0) is 16.0. The molecule has 1 aliphatic carbocycles. The van der Waals surface area contributed by atoms with E-state index in [-0.39, 0.29) is 30.1 Å². The molecule has 0 radical (unpaired) electrons. The van der Waals surface area contributed by atoms with Crippen LogP contribution in [-0.4, -0.2) is 40.0 Å². The number of amides is 1. The molecule has 120 valence electrons. The highest BCUT2D eigenvalue weighted by molar-refractivity contribution is 7.13. The molecule has 1 amide bonds. The quantitative estimate of drug-likeness (QED) is 0.927. The fourth-order valence-corrected chi connectivity index (χ4v) is 4.29. The van der Waals surface area contributed by atoms with E-state index in [4.69, 9.17) is 9.52 Å². The first kappa shape index (κ1) is 14.4. The number of rotatable bonds is 4. The molecule has 1 N–H and O–H groups in total. The van der Waals surface area contributed by atoms with Crippen LogP contribution in [0.2, 0.25) is 0 Å². The van der Waals surface area contributed by atoms with Crippen molar-refractivity contribution in [2.24, 2.45) is 17.8 Å². The predicted molar refractivity (Wildman–Crippen MR) is 82.8 cm³/mol. The molecule has 3 heterocycles. The molecule has 0 spiro atoms. The molecule has 6 nitrogen and oxygen atoms in total. The van der Waals surface area contributed by atoms with Crippen LogP contribution in [0.4, 0.5) is 0 Å². The van der Waals surface area contributed by atoms with Crippen LogP contribution in [0.15, 0.2) is 28.2 Å². The summed E-state index contributed by atoms with van der Waals surface area (Å²) < 4.78 is 5.30. The number of carbonyl (C=O) groups excluding carboxylic acids is 1. The van der Waals surface area contributed by atoms with Crippen LogP contribution in [-0.2, 0) is 16.0 Å². The predicted octanol–water partition coefficient (Wildman–Crippen LogP) is 2.12. The van der Waals surface area contributed by atoms with Gasteiger partial charge in [-0.25, -0.2) is 4.98 Å². The molecule has 1 saturated carbocycles. The second-order valence-electron chi connectivity index (χ2n) is 6.12. The minimum atomic E-state index is -0.725. The van der Waals surface area contributed by atoms with Gasteiger partial charge in [0.15, 0.2) is 10.8 Å². The van der Waals surface area contributed by atoms with Crippen molar-refractivity contribution >= 4 is 23.2 Å². The Kier molecular flexibility index (Phi) is 3.45. The number of likely N-dealkylation sites (tertiary alicyclic amines) is 1. The first-order valence-corrected chi connectivity index (χ1v) is 8.50. The van der Waals surface area contributed by atoms with Crippen molar-refractivity contribution in [2.75, 3.05) is 13.1 Å². The number of aliphatic carboxylic acids is 1. The minimum absolute atomic E-state index is 0.0239. The maximum absolute atomic E-state index is 12.4. The van der Waals surface area contributed by atoms with Crippen molar-refractivity contribution < 1.29 is 19.1 Å². The first-order chi connectivity index (χ1) is 11.1. The highest BCUT2D eigenvalue weighted by Crippen LogP contribution is 2.51. The standard InChI is InChI=1S/C16H16N2O4S/c19-13(18-4-3-10-11(7-18)14(10)16(20)21)6-9-8-23-15(17-9)12-2-1-5-22-12/h1-2,5,8,10-11,14H,3-4,6-7H2,(H,20,21)/t10-,11+,14-/m1/s1. The third-order valence-corrected chi connectivity index (χ3v) is 5.65. The average Bonchev–Trinajstić information content (AvgIpc) is 2.90. The Balaban J connectivity index is 1.38. The number of carboxylic acids is 1. The van der Waals surface area contributed by atoms with Crippen LogP contribution >= 0.6 is 11.3 Å². The Labute approximate surface area is 136 Å². The molecule has 23 heavy (non-hydrogen) atoms. The summed E-state index contributed by atoms with van der Waals surface area (Å²) in [4.78, 5) is 29.7. The van der Waals surface area contributed by atoms with E-state index in [1.165, 1.54) is 11.3 Å². The summed E-state index contributed by atoms with van der Waals surface area (Å²) in [5, 5.41) is 11.8. The van der Waals surface area contributed by atoms with E-state index in [0.717, 1.165) is 17.1 Å². The maximum atomic E-state index is 12.4. The van der Waals surface area contributed by atoms with Crippen LogP contribution < -0.4 is 0 Å². The van der Waals surface area contributed by atoms with Crippen molar-refractivity contribution in [3.8, 4) is 10.8 Å². The lowest BCUT2D eigenvalue weighted by atomic mass is 10.1. The summed E-state index contributed by atoms with van der Waals surface area (Å²) >= 11 is 1.46. The fourth-order valence-electron chi connectivity index (χ4n) is 3.50. The number of nitrogens with zero attached hydrogens (tertiary/aromatic N) is 2. The molecule has 0 unspecified atom stereocenters. The number of hydrogen-bond donors (Lipinski definition) is 1. The Morgan fingerprint density at radius 2 is 2.30 bits per heavy atom. The third-order valence-electron chi connectivity index (χ3n) is 4.75. The summed E-state index contributed by atoms with van der Waals surface area (Å²) in [5.74, 6) is 0.155. The molecule has 2 aliphatic rings. The number of piperidine rings is 1. The molecule has 2 aromatic rings. The summed E-state index contributed by atoms with van der Waals surface area (Å²) in [7, 11) is 0. The van der Waals surface area contributed by atoms with Gasteiger partial charge in [0.25, 0.3) is 0 Å². The van der Waals surface area contributed by atoms with Crippen LogP contribution in [0, 0.1) is 17.8 Å². The lowest BCUT2D eigenvalue weighted by Gasteiger charge is -2.25. The lowest BCUT2D eigenvalue weighted by molar-refractivity contribution is -0.139. The molecule has 0 aromatic carbocycles. The van der Waals surface area contributed by atoms with Gasteiger partial charge in [0, 0.05) is 18.5 Å². The maximum Gasteiger partial charge on any atom is 0.307 e.